The average molecular weight is 1110 g/mol. The molecule has 15 heteroatoms. The van der Waals surface area contributed by atoms with Crippen molar-refractivity contribution in [1.29, 1.82) is 0 Å². The van der Waals surface area contributed by atoms with Crippen molar-refractivity contribution in [3.05, 3.63) is 224 Å². The molecule has 0 radical (unpaired) electrons. The number of aryl methyl sites for hydroxylation is 1. The van der Waals surface area contributed by atoms with Gasteiger partial charge in [-0.15, -0.1) is 6.58 Å². The lowest BCUT2D eigenvalue weighted by Crippen LogP contribution is -2.40. The number of unbranched alkanes of at least 4 members (excludes halogenated alkanes) is 5. The highest BCUT2D eigenvalue weighted by molar-refractivity contribution is 9.10. The summed E-state index contributed by atoms with van der Waals surface area (Å²) in [4.78, 5) is 22.2. The number of hydrogen-bond acceptors (Lipinski definition) is 6. The molecule has 0 saturated heterocycles. The summed E-state index contributed by atoms with van der Waals surface area (Å²) in [6, 6.07) is 37.9. The molecule has 0 aliphatic heterocycles. The molecular formula is C60H65BrF8N2O4. The van der Waals surface area contributed by atoms with E-state index in [2.05, 4.69) is 22.5 Å². The Morgan fingerprint density at radius 3 is 1.36 bits per heavy atom. The molecule has 6 rings (SSSR count). The Hall–Kier alpha value is -6.16. The third kappa shape index (κ3) is 20.1. The quantitative estimate of drug-likeness (QED) is 0.0304. The number of benzene rings is 6. The topological polar surface area (TPSA) is 105 Å². The van der Waals surface area contributed by atoms with Gasteiger partial charge >= 0.3 is 24.3 Å². The lowest BCUT2D eigenvalue weighted by molar-refractivity contribution is -0.144. The number of ether oxygens (including phenoxy) is 2. The first-order valence-corrected chi connectivity index (χ1v) is 25.6. The number of allylic oxidation sites excluding steroid dienone is 1. The number of esters is 2. The van der Waals surface area contributed by atoms with Crippen molar-refractivity contribution < 1.29 is 54.2 Å². The summed E-state index contributed by atoms with van der Waals surface area (Å²) in [5.74, 6) is -2.22. The van der Waals surface area contributed by atoms with E-state index in [4.69, 9.17) is 20.9 Å². The molecule has 0 heterocycles. The van der Waals surface area contributed by atoms with Crippen molar-refractivity contribution >= 4 is 27.9 Å². The number of carbonyl (C=O) groups excluding carboxylic acids is 2. The fourth-order valence-corrected chi connectivity index (χ4v) is 8.74. The zero-order valence-electron chi connectivity index (χ0n) is 42.2. The van der Waals surface area contributed by atoms with Gasteiger partial charge in [-0.2, -0.15) is 26.3 Å². The summed E-state index contributed by atoms with van der Waals surface area (Å²) in [5, 5.41) is 0. The van der Waals surface area contributed by atoms with Gasteiger partial charge in [-0.05, 0) is 153 Å². The van der Waals surface area contributed by atoms with E-state index in [0.717, 1.165) is 96.8 Å². The fourth-order valence-electron chi connectivity index (χ4n) is 8.35. The van der Waals surface area contributed by atoms with Gasteiger partial charge in [0.15, 0.2) is 0 Å². The first-order chi connectivity index (χ1) is 35.6. The van der Waals surface area contributed by atoms with Crippen LogP contribution in [-0.2, 0) is 61.8 Å². The molecule has 2 atom stereocenters. The van der Waals surface area contributed by atoms with E-state index >= 15 is 0 Å². The Balaban J connectivity index is 0.000000279. The molecule has 6 aromatic carbocycles. The van der Waals surface area contributed by atoms with E-state index in [1.54, 1.807) is 37.3 Å². The van der Waals surface area contributed by atoms with Gasteiger partial charge in [0.25, 0.3) is 0 Å². The van der Waals surface area contributed by atoms with Crippen LogP contribution in [0.1, 0.15) is 122 Å². The van der Waals surface area contributed by atoms with Crippen LogP contribution in [0.15, 0.2) is 163 Å². The van der Waals surface area contributed by atoms with Gasteiger partial charge in [0.1, 0.15) is 11.6 Å². The van der Waals surface area contributed by atoms with E-state index in [1.165, 1.54) is 0 Å². The summed E-state index contributed by atoms with van der Waals surface area (Å²) >= 11 is 3.36. The third-order valence-electron chi connectivity index (χ3n) is 12.2. The summed E-state index contributed by atoms with van der Waals surface area (Å²) in [7, 11) is 0. The van der Waals surface area contributed by atoms with Crippen LogP contribution >= 0.6 is 15.9 Å². The first kappa shape index (κ1) is 61.4. The molecule has 402 valence electrons. The Kier molecular flexibility index (Phi) is 24.4. The van der Waals surface area contributed by atoms with Gasteiger partial charge in [-0.3, -0.25) is 9.59 Å². The van der Waals surface area contributed by atoms with Crippen LogP contribution in [0.25, 0.3) is 0 Å². The molecule has 4 N–H and O–H groups in total. The molecular weight excluding hydrogens is 1040 g/mol. The Labute approximate surface area is 443 Å². The molecule has 0 bridgehead atoms. The van der Waals surface area contributed by atoms with E-state index < -0.39 is 46.2 Å². The van der Waals surface area contributed by atoms with Gasteiger partial charge in [0, 0.05) is 17.3 Å². The molecule has 75 heavy (non-hydrogen) atoms. The van der Waals surface area contributed by atoms with Crippen LogP contribution in [0.2, 0.25) is 0 Å². The number of rotatable bonds is 22. The van der Waals surface area contributed by atoms with Crippen molar-refractivity contribution in [3.8, 4) is 0 Å². The van der Waals surface area contributed by atoms with Crippen LogP contribution in [0, 0.1) is 11.6 Å². The minimum atomic E-state index is -4.69. The van der Waals surface area contributed by atoms with Crippen LogP contribution in [0.5, 0.6) is 0 Å². The van der Waals surface area contributed by atoms with Gasteiger partial charge in [-0.25, -0.2) is 8.78 Å². The highest BCUT2D eigenvalue weighted by Crippen LogP contribution is 2.39. The zero-order chi connectivity index (χ0) is 55.1. The normalized spacial score (nSPS) is 12.9. The summed E-state index contributed by atoms with van der Waals surface area (Å²) in [6.07, 6.45) is 1.04. The van der Waals surface area contributed by atoms with E-state index in [-0.39, 0.29) is 35.9 Å². The lowest BCUT2D eigenvalue weighted by atomic mass is 9.77. The van der Waals surface area contributed by atoms with Crippen molar-refractivity contribution in [1.82, 2.24) is 0 Å². The number of alkyl halides is 6. The SMILES string of the molecule is C=CCCCCC(=O)OCC.CCOC(=O)CCCCCCc1cccc(C(N)(Cc2ccccc2)c2cc(F)cc(C(F)(F)F)c2)c1.NC(Cc1ccccc1)(c1cccc(Br)c1)c1cc(F)cc(C(F)(F)F)c1. The standard InChI is InChI=1S/C30H33F4NO2.C21H16BrF4N.C9H16O2/c1-2-37-28(36)16-9-4-3-6-11-22-14-10-15-24(17-22)29(35,21-23-12-7-5-8-13-23)25-18-26(30(32,33)34)20-27(31)19-25;22-18-8-4-7-15(10-18)20(27,13-14-5-2-1-3-6-14)16-9-17(21(24,25)26)12-19(23)11-16;1-3-5-6-7-8-9(10)11-4-2/h5,7-8,10,12-15,17-20H,2-4,6,9,11,16,21,35H2,1H3;1-12H,13,27H2;3H,1,4-8H2,2H3. The minimum Gasteiger partial charge on any atom is -0.466 e. The second-order valence-corrected chi connectivity index (χ2v) is 18.9. The molecule has 0 amide bonds. The maximum atomic E-state index is 14.4. The monoisotopic (exact) mass is 1110 g/mol. The van der Waals surface area contributed by atoms with Crippen molar-refractivity contribution in [3.63, 3.8) is 0 Å². The third-order valence-corrected chi connectivity index (χ3v) is 12.7. The maximum Gasteiger partial charge on any atom is 0.416 e. The van der Waals surface area contributed by atoms with Crippen molar-refractivity contribution in [2.24, 2.45) is 11.5 Å². The Morgan fingerprint density at radius 1 is 0.507 bits per heavy atom. The van der Waals surface area contributed by atoms with Crippen LogP contribution in [-0.4, -0.2) is 25.2 Å². The second kappa shape index (κ2) is 29.8. The largest absolute Gasteiger partial charge is 0.466 e. The van der Waals surface area contributed by atoms with Crippen LogP contribution in [0.4, 0.5) is 35.1 Å². The summed E-state index contributed by atoms with van der Waals surface area (Å²) in [6.45, 7) is 8.07. The number of halogens is 9. The molecule has 0 saturated carbocycles. The Morgan fingerprint density at radius 2 is 0.920 bits per heavy atom. The summed E-state index contributed by atoms with van der Waals surface area (Å²) in [5.41, 5.74) is 12.7. The molecule has 6 nitrogen and oxygen atoms in total. The molecule has 0 aliphatic carbocycles. The van der Waals surface area contributed by atoms with Gasteiger partial charge in [-0.1, -0.05) is 132 Å². The maximum absolute atomic E-state index is 14.4. The molecule has 0 aromatic heterocycles. The second-order valence-electron chi connectivity index (χ2n) is 18.0. The lowest BCUT2D eigenvalue weighted by Gasteiger charge is -2.32. The van der Waals surface area contributed by atoms with Gasteiger partial charge in [0.05, 0.1) is 35.4 Å². The zero-order valence-corrected chi connectivity index (χ0v) is 43.8. The van der Waals surface area contributed by atoms with E-state index in [9.17, 15) is 44.7 Å². The molecule has 6 aromatic rings. The molecule has 0 fully saturated rings. The highest BCUT2D eigenvalue weighted by Gasteiger charge is 2.38. The first-order valence-electron chi connectivity index (χ1n) is 24.8. The average Bonchev–Trinajstić information content (AvgIpc) is 3.36. The van der Waals surface area contributed by atoms with Crippen LogP contribution in [0.3, 0.4) is 0 Å². The van der Waals surface area contributed by atoms with Crippen molar-refractivity contribution in [2.75, 3.05) is 13.2 Å². The van der Waals surface area contributed by atoms with E-state index in [0.29, 0.717) is 49.3 Å². The van der Waals surface area contributed by atoms with Crippen LogP contribution < -0.4 is 11.5 Å². The molecule has 2 unspecified atom stereocenters. The van der Waals surface area contributed by atoms with Gasteiger partial charge < -0.3 is 20.9 Å². The smallest absolute Gasteiger partial charge is 0.416 e. The number of hydrogen-bond donors (Lipinski definition) is 2. The molecule has 0 aliphatic rings. The van der Waals surface area contributed by atoms with Gasteiger partial charge in [0.2, 0.25) is 0 Å². The fraction of sp³-hybridized carbons (Fsp3) is 0.333. The predicted octanol–water partition coefficient (Wildman–Crippen LogP) is 15.7. The highest BCUT2D eigenvalue weighted by atomic mass is 79.9. The minimum absolute atomic E-state index is 0.0665. The number of nitrogens with two attached hydrogens (primary N) is 2. The molecule has 0 spiro atoms. The van der Waals surface area contributed by atoms with Crippen molar-refractivity contribution in [2.45, 2.75) is 114 Å². The predicted molar refractivity (Wildman–Crippen MR) is 282 cm³/mol. The summed E-state index contributed by atoms with van der Waals surface area (Å²) < 4.78 is 119. The number of carbonyl (C=O) groups is 2. The van der Waals surface area contributed by atoms with E-state index in [1.807, 2.05) is 91.9 Å². The Bertz CT molecular complexity index is 2720.